The summed E-state index contributed by atoms with van der Waals surface area (Å²) in [7, 11) is 1.68. The molecule has 4 heteroatoms. The number of aliphatic hydroxyl groups excluding tert-OH is 1. The number of imidazole rings is 1. The lowest BCUT2D eigenvalue weighted by Gasteiger charge is -2.20. The minimum absolute atomic E-state index is 0.262. The highest BCUT2D eigenvalue weighted by Gasteiger charge is 2.20. The molecule has 1 aliphatic heterocycles. The number of hydrogen-bond acceptors (Lipinski definition) is 3. The molecule has 1 aromatic carbocycles. The largest absolute Gasteiger partial charge is 0.497 e. The van der Waals surface area contributed by atoms with Gasteiger partial charge in [0.15, 0.2) is 0 Å². The average molecular weight is 272 g/mol. The molecule has 1 atom stereocenters. The van der Waals surface area contributed by atoms with Crippen molar-refractivity contribution >= 4 is 0 Å². The Morgan fingerprint density at radius 3 is 3.15 bits per heavy atom. The topological polar surface area (TPSA) is 47.3 Å². The first kappa shape index (κ1) is 13.2. The zero-order valence-corrected chi connectivity index (χ0v) is 11.7. The summed E-state index contributed by atoms with van der Waals surface area (Å²) in [6, 6.07) is 8.10. The van der Waals surface area contributed by atoms with E-state index in [9.17, 15) is 5.11 Å². The van der Waals surface area contributed by atoms with Crippen molar-refractivity contribution in [3.05, 3.63) is 47.5 Å². The quantitative estimate of drug-likeness (QED) is 0.926. The number of ether oxygens (including phenoxy) is 1. The SMILES string of the molecule is COc1cccc(Cc2cn3c(n2)CC(CO)CC3)c1. The van der Waals surface area contributed by atoms with Crippen molar-refractivity contribution in [1.82, 2.24) is 9.55 Å². The van der Waals surface area contributed by atoms with Gasteiger partial charge in [0.1, 0.15) is 11.6 Å². The van der Waals surface area contributed by atoms with E-state index < -0.39 is 0 Å². The van der Waals surface area contributed by atoms with E-state index in [0.717, 1.165) is 43.1 Å². The molecule has 0 bridgehead atoms. The summed E-state index contributed by atoms with van der Waals surface area (Å²) in [4.78, 5) is 4.71. The van der Waals surface area contributed by atoms with Gasteiger partial charge in [0.25, 0.3) is 0 Å². The van der Waals surface area contributed by atoms with Crippen LogP contribution in [0.15, 0.2) is 30.5 Å². The third-order valence-corrected chi connectivity index (χ3v) is 3.94. The molecule has 0 radical (unpaired) electrons. The number of aryl methyl sites for hydroxylation is 1. The third kappa shape index (κ3) is 2.70. The van der Waals surface area contributed by atoms with Gasteiger partial charge >= 0.3 is 0 Å². The van der Waals surface area contributed by atoms with E-state index in [2.05, 4.69) is 22.9 Å². The first-order valence-electron chi connectivity index (χ1n) is 7.07. The second-order valence-corrected chi connectivity index (χ2v) is 5.41. The summed E-state index contributed by atoms with van der Waals surface area (Å²) in [5, 5.41) is 9.27. The lowest BCUT2D eigenvalue weighted by molar-refractivity contribution is 0.199. The molecule has 2 aromatic rings. The molecule has 2 heterocycles. The van der Waals surface area contributed by atoms with Crippen molar-refractivity contribution in [2.24, 2.45) is 5.92 Å². The normalized spacial score (nSPS) is 17.8. The highest BCUT2D eigenvalue weighted by atomic mass is 16.5. The van der Waals surface area contributed by atoms with Crippen molar-refractivity contribution in [3.8, 4) is 5.75 Å². The molecule has 0 fully saturated rings. The van der Waals surface area contributed by atoms with Crippen molar-refractivity contribution in [3.63, 3.8) is 0 Å². The van der Waals surface area contributed by atoms with Crippen molar-refractivity contribution in [2.75, 3.05) is 13.7 Å². The fourth-order valence-corrected chi connectivity index (χ4v) is 2.78. The molecular formula is C16H20N2O2. The Morgan fingerprint density at radius 1 is 1.45 bits per heavy atom. The minimum Gasteiger partial charge on any atom is -0.497 e. The lowest BCUT2D eigenvalue weighted by Crippen LogP contribution is -2.21. The number of fused-ring (bicyclic) bond motifs is 1. The molecule has 0 aliphatic carbocycles. The molecule has 1 aliphatic rings. The highest BCUT2D eigenvalue weighted by Crippen LogP contribution is 2.22. The number of aromatic nitrogens is 2. The maximum Gasteiger partial charge on any atom is 0.119 e. The molecule has 0 saturated carbocycles. The van der Waals surface area contributed by atoms with Crippen LogP contribution >= 0.6 is 0 Å². The van der Waals surface area contributed by atoms with Gasteiger partial charge in [-0.15, -0.1) is 0 Å². The smallest absolute Gasteiger partial charge is 0.119 e. The highest BCUT2D eigenvalue weighted by molar-refractivity contribution is 5.31. The van der Waals surface area contributed by atoms with Crippen LogP contribution in [0.25, 0.3) is 0 Å². The van der Waals surface area contributed by atoms with Gasteiger partial charge in [-0.25, -0.2) is 4.98 Å². The van der Waals surface area contributed by atoms with Gasteiger partial charge in [0, 0.05) is 32.2 Å². The Labute approximate surface area is 119 Å². The zero-order chi connectivity index (χ0) is 13.9. The average Bonchev–Trinajstić information content (AvgIpc) is 2.88. The second-order valence-electron chi connectivity index (χ2n) is 5.41. The van der Waals surface area contributed by atoms with E-state index in [0.29, 0.717) is 5.92 Å². The van der Waals surface area contributed by atoms with Crippen LogP contribution in [0, 0.1) is 5.92 Å². The van der Waals surface area contributed by atoms with Gasteiger partial charge in [-0.2, -0.15) is 0 Å². The maximum absolute atomic E-state index is 9.27. The van der Waals surface area contributed by atoms with Crippen LogP contribution in [0.3, 0.4) is 0 Å². The van der Waals surface area contributed by atoms with E-state index in [4.69, 9.17) is 9.72 Å². The van der Waals surface area contributed by atoms with Gasteiger partial charge < -0.3 is 14.4 Å². The Kier molecular flexibility index (Phi) is 3.74. The molecule has 1 unspecified atom stereocenters. The van der Waals surface area contributed by atoms with Crippen LogP contribution in [0.5, 0.6) is 5.75 Å². The Bertz CT molecular complexity index is 592. The summed E-state index contributed by atoms with van der Waals surface area (Å²) in [6.07, 6.45) is 4.89. The van der Waals surface area contributed by atoms with Gasteiger partial charge in [0.05, 0.1) is 12.8 Å². The number of methoxy groups -OCH3 is 1. The fraction of sp³-hybridized carbons (Fsp3) is 0.438. The molecule has 0 saturated heterocycles. The molecule has 4 nitrogen and oxygen atoms in total. The van der Waals surface area contributed by atoms with Gasteiger partial charge in [-0.05, 0) is 30.0 Å². The Balaban J connectivity index is 1.77. The van der Waals surface area contributed by atoms with Gasteiger partial charge in [0.2, 0.25) is 0 Å². The monoisotopic (exact) mass is 272 g/mol. The van der Waals surface area contributed by atoms with Crippen LogP contribution < -0.4 is 4.74 Å². The van der Waals surface area contributed by atoms with Crippen LogP contribution in [-0.2, 0) is 19.4 Å². The predicted molar refractivity (Wildman–Crippen MR) is 76.9 cm³/mol. The van der Waals surface area contributed by atoms with Crippen LogP contribution in [0.2, 0.25) is 0 Å². The fourth-order valence-electron chi connectivity index (χ4n) is 2.78. The predicted octanol–water partition coefficient (Wildman–Crippen LogP) is 2.04. The number of benzene rings is 1. The number of hydrogen-bond donors (Lipinski definition) is 1. The van der Waals surface area contributed by atoms with Crippen molar-refractivity contribution < 1.29 is 9.84 Å². The first-order chi connectivity index (χ1) is 9.78. The molecule has 3 rings (SSSR count). The van der Waals surface area contributed by atoms with E-state index in [-0.39, 0.29) is 6.61 Å². The second kappa shape index (κ2) is 5.67. The molecule has 106 valence electrons. The van der Waals surface area contributed by atoms with E-state index in [1.165, 1.54) is 5.56 Å². The van der Waals surface area contributed by atoms with Crippen molar-refractivity contribution in [1.29, 1.82) is 0 Å². The minimum atomic E-state index is 0.262. The molecule has 0 spiro atoms. The van der Waals surface area contributed by atoms with Crippen LogP contribution in [0.1, 0.15) is 23.5 Å². The molecule has 1 N–H and O–H groups in total. The van der Waals surface area contributed by atoms with Crippen LogP contribution in [-0.4, -0.2) is 28.4 Å². The number of rotatable bonds is 4. The summed E-state index contributed by atoms with van der Waals surface area (Å²) in [5.41, 5.74) is 2.30. The molecule has 1 aromatic heterocycles. The molecule has 0 amide bonds. The maximum atomic E-state index is 9.27. The Morgan fingerprint density at radius 2 is 2.35 bits per heavy atom. The third-order valence-electron chi connectivity index (χ3n) is 3.94. The Hall–Kier alpha value is -1.81. The summed E-state index contributed by atoms with van der Waals surface area (Å²) in [6.45, 7) is 1.23. The first-order valence-corrected chi connectivity index (χ1v) is 7.07. The van der Waals surface area contributed by atoms with Gasteiger partial charge in [-0.1, -0.05) is 12.1 Å². The molecule has 20 heavy (non-hydrogen) atoms. The summed E-state index contributed by atoms with van der Waals surface area (Å²) >= 11 is 0. The summed E-state index contributed by atoms with van der Waals surface area (Å²) in [5.74, 6) is 2.36. The van der Waals surface area contributed by atoms with E-state index in [1.54, 1.807) is 7.11 Å². The molecular weight excluding hydrogens is 252 g/mol. The zero-order valence-electron chi connectivity index (χ0n) is 11.7. The van der Waals surface area contributed by atoms with E-state index in [1.807, 2.05) is 12.1 Å². The van der Waals surface area contributed by atoms with Crippen molar-refractivity contribution in [2.45, 2.75) is 25.8 Å². The van der Waals surface area contributed by atoms with E-state index >= 15 is 0 Å². The van der Waals surface area contributed by atoms with Crippen LogP contribution in [0.4, 0.5) is 0 Å². The summed E-state index contributed by atoms with van der Waals surface area (Å²) < 4.78 is 7.47. The number of aliphatic hydroxyl groups is 1. The lowest BCUT2D eigenvalue weighted by atomic mass is 9.99. The standard InChI is InChI=1S/C16H20N2O2/c1-20-15-4-2-3-12(8-15)7-14-10-18-6-5-13(11-19)9-16(18)17-14/h2-4,8,10,13,19H,5-7,9,11H2,1H3. The number of nitrogens with zero attached hydrogens (tertiary/aromatic N) is 2. The van der Waals surface area contributed by atoms with Gasteiger partial charge in [-0.3, -0.25) is 0 Å².